The second kappa shape index (κ2) is 9.41. The highest BCUT2D eigenvalue weighted by molar-refractivity contribution is 5.85. The van der Waals surface area contributed by atoms with Crippen LogP contribution in [0, 0.1) is 5.41 Å². The van der Waals surface area contributed by atoms with Gasteiger partial charge in [-0.05, 0) is 36.9 Å². The number of para-hydroxylation sites is 2. The first-order valence-corrected chi connectivity index (χ1v) is 8.51. The number of nitrogens with two attached hydrogens (primary N) is 1. The van der Waals surface area contributed by atoms with Crippen LogP contribution in [0.3, 0.4) is 0 Å². The summed E-state index contributed by atoms with van der Waals surface area (Å²) in [5, 5.41) is 3.03. The number of halogens is 2. The van der Waals surface area contributed by atoms with Crippen LogP contribution in [0.1, 0.15) is 44.3 Å². The van der Waals surface area contributed by atoms with Crippen molar-refractivity contribution in [3.05, 3.63) is 30.1 Å². The Hall–Kier alpha value is -1.30. The Labute approximate surface area is 161 Å². The third kappa shape index (κ3) is 4.87. The van der Waals surface area contributed by atoms with E-state index in [1.54, 1.807) is 0 Å². The van der Waals surface area contributed by atoms with E-state index in [9.17, 15) is 4.79 Å². The van der Waals surface area contributed by atoms with Crippen molar-refractivity contribution in [1.29, 1.82) is 0 Å². The minimum Gasteiger partial charge on any atom is -0.349 e. The Bertz CT molecular complexity index is 695. The molecule has 25 heavy (non-hydrogen) atoms. The fourth-order valence-electron chi connectivity index (χ4n) is 3.69. The molecule has 1 amide bonds. The summed E-state index contributed by atoms with van der Waals surface area (Å²) in [5.74, 6) is 0.967. The van der Waals surface area contributed by atoms with E-state index in [1.165, 1.54) is 19.3 Å². The number of imidazole rings is 1. The largest absolute Gasteiger partial charge is 0.349 e. The van der Waals surface area contributed by atoms with Gasteiger partial charge in [0.15, 0.2) is 0 Å². The van der Waals surface area contributed by atoms with Crippen molar-refractivity contribution < 1.29 is 4.79 Å². The van der Waals surface area contributed by atoms with Crippen LogP contribution in [-0.4, -0.2) is 22.0 Å². The van der Waals surface area contributed by atoms with Gasteiger partial charge in [0.2, 0.25) is 5.91 Å². The molecule has 0 aliphatic heterocycles. The molecule has 1 aliphatic carbocycles. The molecule has 1 saturated carbocycles. The maximum Gasteiger partial charge on any atom is 0.220 e. The van der Waals surface area contributed by atoms with Crippen LogP contribution >= 0.6 is 24.8 Å². The summed E-state index contributed by atoms with van der Waals surface area (Å²) in [7, 11) is 1.99. The van der Waals surface area contributed by atoms with Gasteiger partial charge >= 0.3 is 0 Å². The fourth-order valence-corrected chi connectivity index (χ4v) is 3.69. The van der Waals surface area contributed by atoms with E-state index in [-0.39, 0.29) is 36.1 Å². The minimum absolute atomic E-state index is 0. The van der Waals surface area contributed by atoms with Crippen molar-refractivity contribution >= 4 is 41.8 Å². The zero-order valence-corrected chi connectivity index (χ0v) is 16.3. The number of nitrogens with zero attached hydrogens (tertiary/aromatic N) is 2. The van der Waals surface area contributed by atoms with Crippen molar-refractivity contribution in [3.63, 3.8) is 0 Å². The monoisotopic (exact) mass is 386 g/mol. The lowest BCUT2D eigenvalue weighted by Crippen LogP contribution is -2.38. The zero-order chi connectivity index (χ0) is 16.3. The lowest BCUT2D eigenvalue weighted by Gasteiger charge is -2.35. The van der Waals surface area contributed by atoms with Crippen molar-refractivity contribution in [2.75, 3.05) is 6.54 Å². The average molecular weight is 387 g/mol. The topological polar surface area (TPSA) is 72.9 Å². The van der Waals surface area contributed by atoms with Crippen LogP contribution in [0.25, 0.3) is 11.0 Å². The highest BCUT2D eigenvalue weighted by Gasteiger charge is 2.32. The number of amides is 1. The van der Waals surface area contributed by atoms with Gasteiger partial charge in [0.05, 0.1) is 17.6 Å². The second-order valence-corrected chi connectivity index (χ2v) is 6.79. The van der Waals surface area contributed by atoms with E-state index in [1.807, 2.05) is 35.9 Å². The smallest absolute Gasteiger partial charge is 0.220 e. The van der Waals surface area contributed by atoms with Gasteiger partial charge < -0.3 is 15.6 Å². The number of carbonyl (C=O) groups is 1. The molecule has 1 fully saturated rings. The van der Waals surface area contributed by atoms with Gasteiger partial charge in [-0.2, -0.15) is 0 Å². The normalized spacial score (nSPS) is 15.9. The fraction of sp³-hybridized carbons (Fsp3) is 0.556. The summed E-state index contributed by atoms with van der Waals surface area (Å²) < 4.78 is 2.04. The minimum atomic E-state index is 0. The Kier molecular flexibility index (Phi) is 8.19. The van der Waals surface area contributed by atoms with Crippen molar-refractivity contribution in [1.82, 2.24) is 14.9 Å². The molecule has 0 bridgehead atoms. The SMILES string of the molecule is Cl.Cl.Cn1c(CNC(=O)CC2(CN)CCCCC2)nc2ccccc21. The Morgan fingerprint density at radius 1 is 1.24 bits per heavy atom. The van der Waals surface area contributed by atoms with Gasteiger partial charge in [-0.15, -0.1) is 24.8 Å². The predicted molar refractivity (Wildman–Crippen MR) is 106 cm³/mol. The molecule has 1 aromatic carbocycles. The molecule has 0 saturated heterocycles. The van der Waals surface area contributed by atoms with E-state index >= 15 is 0 Å². The number of rotatable bonds is 5. The first-order chi connectivity index (χ1) is 11.1. The van der Waals surface area contributed by atoms with Gasteiger partial charge in [0.25, 0.3) is 0 Å². The van der Waals surface area contributed by atoms with Crippen LogP contribution < -0.4 is 11.1 Å². The lowest BCUT2D eigenvalue weighted by atomic mass is 9.71. The summed E-state index contributed by atoms with van der Waals surface area (Å²) >= 11 is 0. The number of aromatic nitrogens is 2. The quantitative estimate of drug-likeness (QED) is 0.827. The van der Waals surface area contributed by atoms with Crippen molar-refractivity contribution in [3.8, 4) is 0 Å². The Morgan fingerprint density at radius 3 is 2.56 bits per heavy atom. The molecule has 7 heteroatoms. The molecule has 0 spiro atoms. The Morgan fingerprint density at radius 2 is 1.92 bits per heavy atom. The van der Waals surface area contributed by atoms with Crippen LogP contribution in [0.15, 0.2) is 24.3 Å². The van der Waals surface area contributed by atoms with Gasteiger partial charge in [0, 0.05) is 13.5 Å². The summed E-state index contributed by atoms with van der Waals surface area (Å²) in [5.41, 5.74) is 8.03. The first kappa shape index (κ1) is 21.7. The molecule has 0 unspecified atom stereocenters. The van der Waals surface area contributed by atoms with Crippen LogP contribution in [0.5, 0.6) is 0 Å². The summed E-state index contributed by atoms with van der Waals surface area (Å²) in [6, 6.07) is 8.01. The molecule has 1 aliphatic rings. The number of hydrogen-bond acceptors (Lipinski definition) is 3. The summed E-state index contributed by atoms with van der Waals surface area (Å²) in [6.07, 6.45) is 6.33. The van der Waals surface area contributed by atoms with E-state index in [0.29, 0.717) is 19.5 Å². The molecule has 3 N–H and O–H groups in total. The maximum atomic E-state index is 12.4. The summed E-state index contributed by atoms with van der Waals surface area (Å²) in [4.78, 5) is 17.0. The molecule has 2 aromatic rings. The molecule has 5 nitrogen and oxygen atoms in total. The van der Waals surface area contributed by atoms with Crippen molar-refractivity contribution in [2.24, 2.45) is 18.2 Å². The molecule has 0 radical (unpaired) electrons. The zero-order valence-electron chi connectivity index (χ0n) is 14.7. The van der Waals surface area contributed by atoms with E-state index < -0.39 is 0 Å². The second-order valence-electron chi connectivity index (χ2n) is 6.79. The van der Waals surface area contributed by atoms with Crippen LogP contribution in [0.4, 0.5) is 0 Å². The van der Waals surface area contributed by atoms with Crippen LogP contribution in [0.2, 0.25) is 0 Å². The average Bonchev–Trinajstić information content (AvgIpc) is 2.90. The van der Waals surface area contributed by atoms with Crippen molar-refractivity contribution in [2.45, 2.75) is 45.1 Å². The Balaban J connectivity index is 0.00000156. The van der Waals surface area contributed by atoms with E-state index in [0.717, 1.165) is 29.7 Å². The number of hydrogen-bond donors (Lipinski definition) is 2. The lowest BCUT2D eigenvalue weighted by molar-refractivity contribution is -0.124. The highest BCUT2D eigenvalue weighted by atomic mass is 35.5. The number of aryl methyl sites for hydroxylation is 1. The number of benzene rings is 1. The van der Waals surface area contributed by atoms with Gasteiger partial charge in [-0.3, -0.25) is 4.79 Å². The molecule has 3 rings (SSSR count). The molecule has 1 aromatic heterocycles. The molecule has 1 heterocycles. The standard InChI is InChI=1S/C18H26N4O.2ClH/c1-22-15-8-4-3-7-14(15)21-16(22)12-20-17(23)11-18(13-19)9-5-2-6-10-18;;/h3-4,7-8H,2,5-6,9-13,19H2,1H3,(H,20,23);2*1H. The maximum absolute atomic E-state index is 12.4. The number of carbonyl (C=O) groups excluding carboxylic acids is 1. The van der Waals surface area contributed by atoms with Gasteiger partial charge in [0.1, 0.15) is 5.82 Å². The van der Waals surface area contributed by atoms with Crippen LogP contribution in [-0.2, 0) is 18.4 Å². The van der Waals surface area contributed by atoms with Gasteiger partial charge in [-0.1, -0.05) is 31.4 Å². The summed E-state index contributed by atoms with van der Waals surface area (Å²) in [6.45, 7) is 1.07. The molecule has 0 atom stereocenters. The molecule has 140 valence electrons. The highest BCUT2D eigenvalue weighted by Crippen LogP contribution is 2.38. The third-order valence-corrected chi connectivity index (χ3v) is 5.21. The number of nitrogens with one attached hydrogen (secondary N) is 1. The molecular formula is C18H28Cl2N4O. The predicted octanol–water partition coefficient (Wildman–Crippen LogP) is 3.33. The van der Waals surface area contributed by atoms with E-state index in [4.69, 9.17) is 5.73 Å². The molecular weight excluding hydrogens is 359 g/mol. The third-order valence-electron chi connectivity index (χ3n) is 5.21. The van der Waals surface area contributed by atoms with Gasteiger partial charge in [-0.25, -0.2) is 4.98 Å². The number of fused-ring (bicyclic) bond motifs is 1. The van der Waals surface area contributed by atoms with E-state index in [2.05, 4.69) is 10.3 Å². The first-order valence-electron chi connectivity index (χ1n) is 8.51.